The number of carbonyl (C=O) groups excluding carboxylic acids is 2. The fraction of sp³-hybridized carbons (Fsp3) is 0.333. The fourth-order valence-electron chi connectivity index (χ4n) is 3.21. The number of ether oxygens (including phenoxy) is 1. The predicted molar refractivity (Wildman–Crippen MR) is 101 cm³/mol. The number of fused-ring (bicyclic) bond motifs is 1. The van der Waals surface area contributed by atoms with Gasteiger partial charge in [0.2, 0.25) is 5.91 Å². The van der Waals surface area contributed by atoms with Gasteiger partial charge in [-0.05, 0) is 79.6 Å². The van der Waals surface area contributed by atoms with E-state index in [0.29, 0.717) is 17.7 Å². The largest absolute Gasteiger partial charge is 0.481 e. The fourth-order valence-corrected chi connectivity index (χ4v) is 3.21. The van der Waals surface area contributed by atoms with Gasteiger partial charge in [0, 0.05) is 11.3 Å². The van der Waals surface area contributed by atoms with Gasteiger partial charge in [-0.2, -0.15) is 0 Å². The van der Waals surface area contributed by atoms with Gasteiger partial charge < -0.3 is 15.8 Å². The Kier molecular flexibility index (Phi) is 5.56. The highest BCUT2D eigenvalue weighted by Crippen LogP contribution is 2.26. The first kappa shape index (κ1) is 18.0. The Labute approximate surface area is 153 Å². The molecule has 0 aliphatic heterocycles. The molecule has 26 heavy (non-hydrogen) atoms. The van der Waals surface area contributed by atoms with Crippen molar-refractivity contribution in [2.24, 2.45) is 5.73 Å². The summed E-state index contributed by atoms with van der Waals surface area (Å²) in [6.45, 7) is 1.92. The third kappa shape index (κ3) is 4.23. The van der Waals surface area contributed by atoms with Crippen LogP contribution in [-0.4, -0.2) is 17.9 Å². The molecule has 0 heterocycles. The molecule has 2 aromatic rings. The Morgan fingerprint density at radius 1 is 1.08 bits per heavy atom. The van der Waals surface area contributed by atoms with Crippen molar-refractivity contribution in [1.29, 1.82) is 0 Å². The zero-order valence-corrected chi connectivity index (χ0v) is 15.0. The molecule has 1 aliphatic carbocycles. The third-order valence-corrected chi connectivity index (χ3v) is 4.70. The molecule has 0 saturated carbocycles. The number of aryl methyl sites for hydroxylation is 2. The number of hydrogen-bond acceptors (Lipinski definition) is 3. The zero-order valence-electron chi connectivity index (χ0n) is 15.0. The van der Waals surface area contributed by atoms with E-state index in [9.17, 15) is 9.59 Å². The quantitative estimate of drug-likeness (QED) is 0.835. The molecule has 5 nitrogen and oxygen atoms in total. The summed E-state index contributed by atoms with van der Waals surface area (Å²) < 4.78 is 5.94. The van der Waals surface area contributed by atoms with Crippen molar-refractivity contribution in [3.8, 4) is 5.75 Å². The van der Waals surface area contributed by atoms with E-state index in [4.69, 9.17) is 10.5 Å². The molecule has 0 fully saturated rings. The Morgan fingerprint density at radius 2 is 1.77 bits per heavy atom. The first-order valence-electron chi connectivity index (χ1n) is 9.06. The smallest absolute Gasteiger partial charge is 0.265 e. The van der Waals surface area contributed by atoms with Crippen LogP contribution in [-0.2, 0) is 17.6 Å². The van der Waals surface area contributed by atoms with Crippen LogP contribution in [0.5, 0.6) is 5.75 Å². The van der Waals surface area contributed by atoms with Crippen LogP contribution in [0.2, 0.25) is 0 Å². The second-order valence-corrected chi connectivity index (χ2v) is 6.58. The van der Waals surface area contributed by atoms with Crippen LogP contribution in [0.15, 0.2) is 42.5 Å². The number of nitrogens with one attached hydrogen (secondary N) is 1. The highest BCUT2D eigenvalue weighted by atomic mass is 16.5. The molecule has 0 saturated heterocycles. The van der Waals surface area contributed by atoms with Gasteiger partial charge in [-0.15, -0.1) is 0 Å². The zero-order chi connectivity index (χ0) is 18.5. The molecular weight excluding hydrogens is 328 g/mol. The normalized spacial score (nSPS) is 14.2. The maximum atomic E-state index is 12.5. The Bertz CT molecular complexity index is 799. The van der Waals surface area contributed by atoms with Gasteiger partial charge in [0.05, 0.1) is 0 Å². The average molecular weight is 352 g/mol. The number of nitrogens with two attached hydrogens (primary N) is 1. The lowest BCUT2D eigenvalue weighted by molar-refractivity contribution is -0.122. The second kappa shape index (κ2) is 8.04. The van der Waals surface area contributed by atoms with E-state index in [1.165, 1.54) is 24.0 Å². The summed E-state index contributed by atoms with van der Waals surface area (Å²) in [5, 5.41) is 2.83. The van der Waals surface area contributed by atoms with Gasteiger partial charge in [-0.3, -0.25) is 9.59 Å². The summed E-state index contributed by atoms with van der Waals surface area (Å²) in [7, 11) is 0. The number of hydrogen-bond donors (Lipinski definition) is 2. The van der Waals surface area contributed by atoms with Crippen LogP contribution in [0.3, 0.4) is 0 Å². The van der Waals surface area contributed by atoms with Gasteiger partial charge in [0.25, 0.3) is 5.91 Å². The number of amides is 2. The van der Waals surface area contributed by atoms with Gasteiger partial charge >= 0.3 is 0 Å². The average Bonchev–Trinajstić information content (AvgIpc) is 2.66. The van der Waals surface area contributed by atoms with Crippen LogP contribution in [0.1, 0.15) is 47.7 Å². The van der Waals surface area contributed by atoms with E-state index in [-0.39, 0.29) is 5.91 Å². The first-order chi connectivity index (χ1) is 12.6. The van der Waals surface area contributed by atoms with Crippen molar-refractivity contribution in [3.05, 3.63) is 59.2 Å². The molecule has 5 heteroatoms. The number of benzene rings is 2. The molecular formula is C21H24N2O3. The van der Waals surface area contributed by atoms with Crippen molar-refractivity contribution < 1.29 is 14.3 Å². The standard InChI is InChI=1S/C21H24N2O3/c1-2-19(21(25)23-17-10-7-15(8-11-17)20(22)24)26-18-12-9-14-5-3-4-6-16(14)13-18/h7-13,19H,2-6H2,1H3,(H2,22,24)(H,23,25). The van der Waals surface area contributed by atoms with Gasteiger partial charge in [-0.25, -0.2) is 0 Å². The number of rotatable bonds is 6. The molecule has 0 bridgehead atoms. The Balaban J connectivity index is 1.66. The molecule has 3 N–H and O–H groups in total. The molecule has 0 aromatic heterocycles. The Morgan fingerprint density at radius 3 is 2.42 bits per heavy atom. The molecule has 3 rings (SSSR count). The summed E-state index contributed by atoms with van der Waals surface area (Å²) in [5.74, 6) is 0.0267. The molecule has 136 valence electrons. The summed E-state index contributed by atoms with van der Waals surface area (Å²) in [4.78, 5) is 23.6. The van der Waals surface area contributed by atoms with Gasteiger partial charge in [0.1, 0.15) is 5.75 Å². The molecule has 0 spiro atoms. The lowest BCUT2D eigenvalue weighted by Crippen LogP contribution is -2.32. The lowest BCUT2D eigenvalue weighted by atomic mass is 9.92. The number of carbonyl (C=O) groups is 2. The van der Waals surface area contributed by atoms with Gasteiger partial charge in [0.15, 0.2) is 6.10 Å². The minimum atomic E-state index is -0.576. The number of anilines is 1. The maximum Gasteiger partial charge on any atom is 0.265 e. The summed E-state index contributed by atoms with van der Waals surface area (Å²) in [6, 6.07) is 12.6. The second-order valence-electron chi connectivity index (χ2n) is 6.58. The van der Waals surface area contributed by atoms with E-state index in [1.807, 2.05) is 13.0 Å². The molecule has 1 atom stereocenters. The van der Waals surface area contributed by atoms with Crippen molar-refractivity contribution in [3.63, 3.8) is 0 Å². The van der Waals surface area contributed by atoms with Crippen LogP contribution in [0, 0.1) is 0 Å². The highest BCUT2D eigenvalue weighted by Gasteiger charge is 2.19. The molecule has 2 aromatic carbocycles. The van der Waals surface area contributed by atoms with Gasteiger partial charge in [-0.1, -0.05) is 13.0 Å². The topological polar surface area (TPSA) is 81.4 Å². The molecule has 1 aliphatic rings. The summed E-state index contributed by atoms with van der Waals surface area (Å²) in [6.07, 6.45) is 4.61. The third-order valence-electron chi connectivity index (χ3n) is 4.70. The van der Waals surface area contributed by atoms with Crippen LogP contribution in [0.4, 0.5) is 5.69 Å². The maximum absolute atomic E-state index is 12.5. The van der Waals surface area contributed by atoms with Crippen LogP contribution in [0.25, 0.3) is 0 Å². The molecule has 2 amide bonds. The van der Waals surface area contributed by atoms with Crippen molar-refractivity contribution >= 4 is 17.5 Å². The highest BCUT2D eigenvalue weighted by molar-refractivity contribution is 5.96. The van der Waals surface area contributed by atoms with E-state index in [2.05, 4.69) is 17.4 Å². The van der Waals surface area contributed by atoms with Crippen molar-refractivity contribution in [2.45, 2.75) is 45.1 Å². The van der Waals surface area contributed by atoms with Crippen LogP contribution >= 0.6 is 0 Å². The minimum Gasteiger partial charge on any atom is -0.481 e. The Hall–Kier alpha value is -2.82. The van der Waals surface area contributed by atoms with Crippen molar-refractivity contribution in [1.82, 2.24) is 0 Å². The van der Waals surface area contributed by atoms with Crippen molar-refractivity contribution in [2.75, 3.05) is 5.32 Å². The minimum absolute atomic E-state index is 0.211. The van der Waals surface area contributed by atoms with E-state index >= 15 is 0 Å². The monoisotopic (exact) mass is 352 g/mol. The summed E-state index contributed by atoms with van der Waals surface area (Å²) in [5.41, 5.74) is 8.94. The molecule has 1 unspecified atom stereocenters. The predicted octanol–water partition coefficient (Wildman–Crippen LogP) is 3.46. The lowest BCUT2D eigenvalue weighted by Gasteiger charge is -2.20. The number of primary amides is 1. The van der Waals surface area contributed by atoms with E-state index < -0.39 is 12.0 Å². The molecule has 0 radical (unpaired) electrons. The first-order valence-corrected chi connectivity index (χ1v) is 9.06. The van der Waals surface area contributed by atoms with Crippen LogP contribution < -0.4 is 15.8 Å². The SMILES string of the molecule is CCC(Oc1ccc2c(c1)CCCC2)C(=O)Nc1ccc(C(N)=O)cc1. The summed E-state index contributed by atoms with van der Waals surface area (Å²) >= 11 is 0. The van der Waals surface area contributed by atoms with E-state index in [1.54, 1.807) is 24.3 Å². The van der Waals surface area contributed by atoms with E-state index in [0.717, 1.165) is 18.6 Å².